The van der Waals surface area contributed by atoms with Crippen LogP contribution in [0.4, 0.5) is 8.78 Å². The second-order valence-corrected chi connectivity index (χ2v) is 7.08. The Morgan fingerprint density at radius 3 is 2.10 bits per heavy atom. The van der Waals surface area contributed by atoms with Crippen molar-refractivity contribution in [3.63, 3.8) is 0 Å². The summed E-state index contributed by atoms with van der Waals surface area (Å²) in [5.74, 6) is -1.29. The van der Waals surface area contributed by atoms with Crippen molar-refractivity contribution in [2.24, 2.45) is 0 Å². The number of halogens is 2. The highest BCUT2D eigenvalue weighted by Gasteiger charge is 2.27. The summed E-state index contributed by atoms with van der Waals surface area (Å²) in [6, 6.07) is 5.79. The van der Waals surface area contributed by atoms with E-state index in [2.05, 4.69) is 5.32 Å². The van der Waals surface area contributed by atoms with E-state index in [0.717, 1.165) is 12.1 Å². The van der Waals surface area contributed by atoms with E-state index in [1.807, 2.05) is 0 Å². The number of carbonyl (C=O) groups excluding carboxylic acids is 2. The van der Waals surface area contributed by atoms with Gasteiger partial charge in [-0.05, 0) is 37.1 Å². The molecule has 0 radical (unpaired) electrons. The molecule has 2 aromatic carbocycles. The lowest BCUT2D eigenvalue weighted by molar-refractivity contribution is 0.0697. The molecule has 2 amide bonds. The molecule has 0 aromatic heterocycles. The molecule has 0 atom stereocenters. The third-order valence-corrected chi connectivity index (χ3v) is 5.20. The van der Waals surface area contributed by atoms with Crippen LogP contribution in [0.5, 0.6) is 17.2 Å². The molecule has 0 aliphatic carbocycles. The molecule has 1 saturated heterocycles. The first kappa shape index (κ1) is 22.3. The van der Waals surface area contributed by atoms with Gasteiger partial charge >= 0.3 is 0 Å². The van der Waals surface area contributed by atoms with Crippen molar-refractivity contribution in [1.82, 2.24) is 10.2 Å². The summed E-state index contributed by atoms with van der Waals surface area (Å²) in [4.78, 5) is 26.9. The highest BCUT2D eigenvalue weighted by atomic mass is 19.1. The van der Waals surface area contributed by atoms with Gasteiger partial charge in [-0.3, -0.25) is 9.59 Å². The molecule has 0 bridgehead atoms. The van der Waals surface area contributed by atoms with Crippen molar-refractivity contribution in [3.8, 4) is 17.2 Å². The Kier molecular flexibility index (Phi) is 6.94. The topological polar surface area (TPSA) is 77.1 Å². The molecular weight excluding hydrogens is 410 g/mol. The van der Waals surface area contributed by atoms with Crippen LogP contribution in [0.2, 0.25) is 0 Å². The maximum atomic E-state index is 13.8. The first-order valence-electron chi connectivity index (χ1n) is 9.73. The lowest BCUT2D eigenvalue weighted by Gasteiger charge is -2.32. The minimum Gasteiger partial charge on any atom is -0.493 e. The number of methoxy groups -OCH3 is 3. The number of piperidine rings is 1. The highest BCUT2D eigenvalue weighted by Crippen LogP contribution is 2.38. The number of ether oxygens (including phenoxy) is 3. The van der Waals surface area contributed by atoms with Gasteiger partial charge < -0.3 is 24.4 Å². The van der Waals surface area contributed by atoms with Gasteiger partial charge in [-0.1, -0.05) is 0 Å². The lowest BCUT2D eigenvalue weighted by atomic mass is 10.0. The predicted molar refractivity (Wildman–Crippen MR) is 109 cm³/mol. The number of hydrogen-bond acceptors (Lipinski definition) is 5. The zero-order valence-electron chi connectivity index (χ0n) is 17.5. The fraction of sp³-hybridized carbons (Fsp3) is 0.364. The summed E-state index contributed by atoms with van der Waals surface area (Å²) in [6.07, 6.45) is 1.01. The van der Waals surface area contributed by atoms with E-state index in [1.165, 1.54) is 21.3 Å². The number of nitrogens with zero attached hydrogens (tertiary/aromatic N) is 1. The van der Waals surface area contributed by atoms with Gasteiger partial charge in [-0.2, -0.15) is 0 Å². The second-order valence-electron chi connectivity index (χ2n) is 7.08. The number of nitrogens with one attached hydrogen (secondary N) is 1. The van der Waals surface area contributed by atoms with Gasteiger partial charge in [0.05, 0.1) is 26.9 Å². The van der Waals surface area contributed by atoms with Crippen LogP contribution >= 0.6 is 0 Å². The Bertz CT molecular complexity index is 949. The molecule has 1 aliphatic rings. The van der Waals surface area contributed by atoms with Crippen LogP contribution in [0, 0.1) is 11.6 Å². The van der Waals surface area contributed by atoms with E-state index in [9.17, 15) is 18.4 Å². The van der Waals surface area contributed by atoms with Gasteiger partial charge in [0.15, 0.2) is 11.5 Å². The molecule has 2 aromatic rings. The van der Waals surface area contributed by atoms with Gasteiger partial charge in [0.2, 0.25) is 5.75 Å². The smallest absolute Gasteiger partial charge is 0.254 e. The van der Waals surface area contributed by atoms with E-state index < -0.39 is 17.5 Å². The van der Waals surface area contributed by atoms with Gasteiger partial charge in [0, 0.05) is 30.8 Å². The Hall–Kier alpha value is -3.36. The van der Waals surface area contributed by atoms with Crippen molar-refractivity contribution in [2.45, 2.75) is 18.9 Å². The molecule has 1 heterocycles. The molecule has 166 valence electrons. The van der Waals surface area contributed by atoms with Crippen molar-refractivity contribution in [2.75, 3.05) is 34.4 Å². The number of amides is 2. The molecule has 0 saturated carbocycles. The quantitative estimate of drug-likeness (QED) is 0.756. The molecule has 0 spiro atoms. The zero-order chi connectivity index (χ0) is 22.5. The third kappa shape index (κ3) is 4.87. The molecule has 1 fully saturated rings. The summed E-state index contributed by atoms with van der Waals surface area (Å²) >= 11 is 0. The molecular formula is C22H24F2N2O5. The van der Waals surface area contributed by atoms with Gasteiger partial charge in [-0.25, -0.2) is 8.78 Å². The number of rotatable bonds is 6. The van der Waals surface area contributed by atoms with E-state index in [1.54, 1.807) is 17.0 Å². The fourth-order valence-corrected chi connectivity index (χ4v) is 3.55. The molecule has 3 rings (SSSR count). The molecule has 1 aliphatic heterocycles. The minimum atomic E-state index is -0.910. The number of hydrogen-bond donors (Lipinski definition) is 1. The van der Waals surface area contributed by atoms with E-state index >= 15 is 0 Å². The lowest BCUT2D eigenvalue weighted by Crippen LogP contribution is -2.46. The normalized spacial score (nSPS) is 14.2. The zero-order valence-corrected chi connectivity index (χ0v) is 17.5. The standard InChI is InChI=1S/C22H24F2N2O5/c1-29-18-10-13(11-19(30-2)20(18)31-3)22(28)26-8-6-15(7-9-26)25-21(27)16-5-4-14(23)12-17(16)24/h4-5,10-12,15H,6-9H2,1-3H3,(H,25,27). The van der Waals surface area contributed by atoms with Crippen LogP contribution < -0.4 is 19.5 Å². The number of benzene rings is 2. The van der Waals surface area contributed by atoms with Gasteiger partial charge in [0.1, 0.15) is 11.6 Å². The average Bonchev–Trinajstić information content (AvgIpc) is 2.77. The number of likely N-dealkylation sites (tertiary alicyclic amines) is 1. The second kappa shape index (κ2) is 9.63. The molecule has 1 N–H and O–H groups in total. The Balaban J connectivity index is 1.64. The number of carbonyl (C=O) groups is 2. The predicted octanol–water partition coefficient (Wildman–Crippen LogP) is 3.03. The van der Waals surface area contributed by atoms with E-state index in [0.29, 0.717) is 54.8 Å². The maximum Gasteiger partial charge on any atom is 0.254 e. The molecule has 7 nitrogen and oxygen atoms in total. The molecule has 9 heteroatoms. The average molecular weight is 434 g/mol. The van der Waals surface area contributed by atoms with Crippen LogP contribution in [0.15, 0.2) is 30.3 Å². The van der Waals surface area contributed by atoms with Crippen molar-refractivity contribution in [3.05, 3.63) is 53.1 Å². The first-order chi connectivity index (χ1) is 14.9. The molecule has 0 unspecified atom stereocenters. The van der Waals surface area contributed by atoms with Crippen LogP contribution in [0.1, 0.15) is 33.6 Å². The molecule has 31 heavy (non-hydrogen) atoms. The van der Waals surface area contributed by atoms with Crippen LogP contribution in [-0.4, -0.2) is 57.2 Å². The maximum absolute atomic E-state index is 13.8. The van der Waals surface area contributed by atoms with Crippen LogP contribution in [0.25, 0.3) is 0 Å². The summed E-state index contributed by atoms with van der Waals surface area (Å²) in [6.45, 7) is 0.818. The SMILES string of the molecule is COc1cc(C(=O)N2CCC(NC(=O)c3ccc(F)cc3F)CC2)cc(OC)c1OC. The Morgan fingerprint density at radius 1 is 0.968 bits per heavy atom. The van der Waals surface area contributed by atoms with Crippen LogP contribution in [-0.2, 0) is 0 Å². The fourth-order valence-electron chi connectivity index (χ4n) is 3.55. The van der Waals surface area contributed by atoms with E-state index in [-0.39, 0.29) is 17.5 Å². The third-order valence-electron chi connectivity index (χ3n) is 5.20. The Morgan fingerprint density at radius 2 is 1.58 bits per heavy atom. The van der Waals surface area contributed by atoms with Crippen molar-refractivity contribution < 1.29 is 32.6 Å². The Labute approximate surface area is 178 Å². The highest BCUT2D eigenvalue weighted by molar-refractivity contribution is 5.96. The van der Waals surface area contributed by atoms with Gasteiger partial charge in [-0.15, -0.1) is 0 Å². The van der Waals surface area contributed by atoms with E-state index in [4.69, 9.17) is 14.2 Å². The van der Waals surface area contributed by atoms with Crippen molar-refractivity contribution >= 4 is 11.8 Å². The summed E-state index contributed by atoms with van der Waals surface area (Å²) in [7, 11) is 4.44. The van der Waals surface area contributed by atoms with Crippen molar-refractivity contribution in [1.29, 1.82) is 0 Å². The van der Waals surface area contributed by atoms with Crippen LogP contribution in [0.3, 0.4) is 0 Å². The minimum absolute atomic E-state index is 0.200. The largest absolute Gasteiger partial charge is 0.493 e. The summed E-state index contributed by atoms with van der Waals surface area (Å²) in [5, 5.41) is 2.75. The monoisotopic (exact) mass is 434 g/mol. The van der Waals surface area contributed by atoms with Gasteiger partial charge in [0.25, 0.3) is 11.8 Å². The summed E-state index contributed by atoms with van der Waals surface area (Å²) < 4.78 is 42.7. The summed E-state index contributed by atoms with van der Waals surface area (Å²) in [5.41, 5.74) is 0.183. The first-order valence-corrected chi connectivity index (χ1v) is 9.73.